The summed E-state index contributed by atoms with van der Waals surface area (Å²) in [4.78, 5) is 28.7. The molecule has 182 valence electrons. The molecule has 2 saturated heterocycles. The number of carboxylic acid groups (broad SMARTS) is 1. The summed E-state index contributed by atoms with van der Waals surface area (Å²) < 4.78 is 15.2. The fraction of sp³-hybridized carbons (Fsp3) is 0.556. The third kappa shape index (κ3) is 5.26. The van der Waals surface area contributed by atoms with Crippen molar-refractivity contribution in [2.45, 2.75) is 44.7 Å². The van der Waals surface area contributed by atoms with Crippen LogP contribution in [-0.2, 0) is 17.9 Å². The molecule has 0 spiro atoms. The van der Waals surface area contributed by atoms with Crippen molar-refractivity contribution in [3.63, 3.8) is 0 Å². The van der Waals surface area contributed by atoms with E-state index in [0.717, 1.165) is 70.6 Å². The Balaban J connectivity index is 1.22. The zero-order valence-electron chi connectivity index (χ0n) is 19.6. The highest BCUT2D eigenvalue weighted by molar-refractivity contribution is 5.67. The molecule has 5 rings (SSSR count). The molecule has 4 heterocycles. The number of halogens is 1. The van der Waals surface area contributed by atoms with E-state index in [0.29, 0.717) is 17.8 Å². The first-order valence-electron chi connectivity index (χ1n) is 12.6. The van der Waals surface area contributed by atoms with Crippen molar-refractivity contribution >= 4 is 5.97 Å². The molecule has 2 aromatic rings. The Morgan fingerprint density at radius 2 is 1.82 bits per heavy atom. The smallest absolute Gasteiger partial charge is 0.303 e. The van der Waals surface area contributed by atoms with Crippen LogP contribution in [0.1, 0.15) is 42.9 Å². The van der Waals surface area contributed by atoms with Gasteiger partial charge in [0.2, 0.25) is 0 Å². The molecule has 0 radical (unpaired) electrons. The largest absolute Gasteiger partial charge is 0.481 e. The van der Waals surface area contributed by atoms with Crippen LogP contribution in [0.5, 0.6) is 0 Å². The molecule has 2 fully saturated rings. The molecule has 1 N–H and O–H groups in total. The third-order valence-electron chi connectivity index (χ3n) is 8.10. The van der Waals surface area contributed by atoms with E-state index in [1.807, 2.05) is 22.8 Å². The molecule has 0 amide bonds. The Morgan fingerprint density at radius 3 is 2.62 bits per heavy atom. The van der Waals surface area contributed by atoms with Gasteiger partial charge in [-0.1, -0.05) is 18.2 Å². The van der Waals surface area contributed by atoms with Crippen LogP contribution in [-0.4, -0.2) is 58.2 Å². The second-order valence-corrected chi connectivity index (χ2v) is 10.5. The maximum absolute atomic E-state index is 13.3. The van der Waals surface area contributed by atoms with Crippen molar-refractivity contribution in [3.8, 4) is 0 Å². The van der Waals surface area contributed by atoms with Crippen molar-refractivity contribution in [3.05, 3.63) is 69.9 Å². The highest BCUT2D eigenvalue weighted by Gasteiger charge is 2.36. The lowest BCUT2D eigenvalue weighted by Gasteiger charge is -2.44. The van der Waals surface area contributed by atoms with Gasteiger partial charge in [0.05, 0.1) is 0 Å². The van der Waals surface area contributed by atoms with Crippen LogP contribution in [0, 0.1) is 23.6 Å². The molecule has 1 aromatic heterocycles. The minimum Gasteiger partial charge on any atom is -0.481 e. The SMILES string of the molecule is O=C(O)C[C@@H]1CCN(Cc2ccc(F)cc2)C[C@H]1CCN1C[C@H]2C[C@H](C1)c1cccc(=O)n1C2. The first kappa shape index (κ1) is 23.2. The lowest BCUT2D eigenvalue weighted by molar-refractivity contribution is -0.139. The molecule has 7 heteroatoms. The Bertz CT molecular complexity index is 1070. The van der Waals surface area contributed by atoms with Crippen molar-refractivity contribution < 1.29 is 14.3 Å². The van der Waals surface area contributed by atoms with Crippen LogP contribution >= 0.6 is 0 Å². The summed E-state index contributed by atoms with van der Waals surface area (Å²) in [6.45, 7) is 6.28. The third-order valence-corrected chi connectivity index (χ3v) is 8.10. The summed E-state index contributed by atoms with van der Waals surface area (Å²) in [6, 6.07) is 12.3. The van der Waals surface area contributed by atoms with E-state index in [2.05, 4.69) is 15.9 Å². The Morgan fingerprint density at radius 1 is 1.00 bits per heavy atom. The first-order chi connectivity index (χ1) is 16.4. The van der Waals surface area contributed by atoms with E-state index in [1.165, 1.54) is 17.8 Å². The van der Waals surface area contributed by atoms with Crippen LogP contribution in [0.2, 0.25) is 0 Å². The summed E-state index contributed by atoms with van der Waals surface area (Å²) in [5, 5.41) is 9.46. The van der Waals surface area contributed by atoms with Gasteiger partial charge in [0, 0.05) is 56.8 Å². The second-order valence-electron chi connectivity index (χ2n) is 10.5. The maximum Gasteiger partial charge on any atom is 0.303 e. The average Bonchev–Trinajstić information content (AvgIpc) is 2.81. The number of likely N-dealkylation sites (tertiary alicyclic amines) is 2. The molecule has 0 saturated carbocycles. The van der Waals surface area contributed by atoms with E-state index >= 15 is 0 Å². The van der Waals surface area contributed by atoms with Crippen molar-refractivity contribution in [2.24, 2.45) is 17.8 Å². The van der Waals surface area contributed by atoms with Gasteiger partial charge in [0.15, 0.2) is 0 Å². The zero-order chi connectivity index (χ0) is 23.7. The number of carboxylic acids is 1. The molecule has 2 bridgehead atoms. The van der Waals surface area contributed by atoms with Gasteiger partial charge in [-0.25, -0.2) is 4.39 Å². The summed E-state index contributed by atoms with van der Waals surface area (Å²) in [7, 11) is 0. The molecular weight excluding hydrogens is 433 g/mol. The summed E-state index contributed by atoms with van der Waals surface area (Å²) in [5.41, 5.74) is 2.37. The molecule has 0 unspecified atom stereocenters. The van der Waals surface area contributed by atoms with E-state index in [-0.39, 0.29) is 23.7 Å². The van der Waals surface area contributed by atoms with Gasteiger partial charge in [-0.05, 0) is 73.9 Å². The van der Waals surface area contributed by atoms with Gasteiger partial charge in [-0.3, -0.25) is 14.5 Å². The van der Waals surface area contributed by atoms with E-state index in [4.69, 9.17) is 0 Å². The number of pyridine rings is 1. The van der Waals surface area contributed by atoms with Crippen molar-refractivity contribution in [1.29, 1.82) is 0 Å². The number of hydrogen-bond donors (Lipinski definition) is 1. The topological polar surface area (TPSA) is 65.8 Å². The lowest BCUT2D eigenvalue weighted by atomic mass is 9.80. The minimum atomic E-state index is -0.712. The quantitative estimate of drug-likeness (QED) is 0.676. The van der Waals surface area contributed by atoms with Gasteiger partial charge in [0.25, 0.3) is 5.56 Å². The van der Waals surface area contributed by atoms with Gasteiger partial charge < -0.3 is 14.6 Å². The van der Waals surface area contributed by atoms with E-state index in [1.54, 1.807) is 6.07 Å². The molecular formula is C27H34FN3O3. The summed E-state index contributed by atoms with van der Waals surface area (Å²) >= 11 is 0. The fourth-order valence-corrected chi connectivity index (χ4v) is 6.49. The van der Waals surface area contributed by atoms with Crippen molar-refractivity contribution in [1.82, 2.24) is 14.4 Å². The minimum absolute atomic E-state index is 0.112. The van der Waals surface area contributed by atoms with E-state index < -0.39 is 5.97 Å². The molecule has 4 atom stereocenters. The number of benzene rings is 1. The zero-order valence-corrected chi connectivity index (χ0v) is 19.6. The van der Waals surface area contributed by atoms with Crippen LogP contribution in [0.25, 0.3) is 0 Å². The maximum atomic E-state index is 13.3. The monoisotopic (exact) mass is 467 g/mol. The molecule has 3 aliphatic heterocycles. The normalized spacial score (nSPS) is 27.3. The Kier molecular flexibility index (Phi) is 6.84. The average molecular weight is 468 g/mol. The van der Waals surface area contributed by atoms with Crippen LogP contribution in [0.4, 0.5) is 4.39 Å². The highest BCUT2D eigenvalue weighted by Crippen LogP contribution is 2.36. The standard InChI is InChI=1S/C27H34FN3O3/c28-24-6-4-19(5-7-24)14-29-10-8-21(13-27(33)34)22(17-29)9-11-30-15-20-12-23(18-30)25-2-1-3-26(32)31(25)16-20/h1-7,20-23H,8-18H2,(H,33,34)/t20-,21+,22-,23-/m1/s1. The number of aromatic nitrogens is 1. The van der Waals surface area contributed by atoms with Crippen LogP contribution in [0.15, 0.2) is 47.3 Å². The number of fused-ring (bicyclic) bond motifs is 4. The number of rotatable bonds is 7. The van der Waals surface area contributed by atoms with E-state index in [9.17, 15) is 19.1 Å². The number of carbonyl (C=O) groups is 1. The number of hydrogen-bond acceptors (Lipinski definition) is 4. The predicted molar refractivity (Wildman–Crippen MR) is 128 cm³/mol. The molecule has 1 aromatic carbocycles. The van der Waals surface area contributed by atoms with Crippen LogP contribution in [0.3, 0.4) is 0 Å². The fourth-order valence-electron chi connectivity index (χ4n) is 6.49. The van der Waals surface area contributed by atoms with Crippen LogP contribution < -0.4 is 5.56 Å². The van der Waals surface area contributed by atoms with Gasteiger partial charge in [-0.2, -0.15) is 0 Å². The first-order valence-corrected chi connectivity index (χ1v) is 12.6. The Labute approximate surface area is 200 Å². The lowest BCUT2D eigenvalue weighted by Crippen LogP contribution is -2.48. The highest BCUT2D eigenvalue weighted by atomic mass is 19.1. The van der Waals surface area contributed by atoms with Gasteiger partial charge in [-0.15, -0.1) is 0 Å². The molecule has 6 nitrogen and oxygen atoms in total. The van der Waals surface area contributed by atoms with Gasteiger partial charge >= 0.3 is 5.97 Å². The molecule has 34 heavy (non-hydrogen) atoms. The number of aliphatic carboxylic acids is 1. The number of piperidine rings is 2. The second kappa shape index (κ2) is 10.0. The number of nitrogens with zero attached hydrogens (tertiary/aromatic N) is 3. The molecule has 3 aliphatic rings. The van der Waals surface area contributed by atoms with Gasteiger partial charge in [0.1, 0.15) is 5.82 Å². The Hall–Kier alpha value is -2.51. The predicted octanol–water partition coefficient (Wildman–Crippen LogP) is 3.41. The summed E-state index contributed by atoms with van der Waals surface area (Å²) in [5.74, 6) is 0.504. The summed E-state index contributed by atoms with van der Waals surface area (Å²) in [6.07, 6.45) is 3.26. The van der Waals surface area contributed by atoms with Crippen molar-refractivity contribution in [2.75, 3.05) is 32.7 Å². The molecule has 0 aliphatic carbocycles.